The molecule has 1 atom stereocenters. The van der Waals surface area contributed by atoms with Crippen LogP contribution in [0.3, 0.4) is 0 Å². The maximum Gasteiger partial charge on any atom is 0.253 e. The van der Waals surface area contributed by atoms with Gasteiger partial charge in [0.1, 0.15) is 0 Å². The molecule has 1 N–H and O–H groups in total. The highest BCUT2D eigenvalue weighted by Gasteiger charge is 2.31. The number of thiazole rings is 1. The van der Waals surface area contributed by atoms with Crippen molar-refractivity contribution >= 4 is 17.2 Å². The van der Waals surface area contributed by atoms with Crippen LogP contribution in [0.4, 0.5) is 0 Å². The Morgan fingerprint density at radius 3 is 2.91 bits per heavy atom. The Balaban J connectivity index is 1.74. The molecule has 0 aliphatic heterocycles. The van der Waals surface area contributed by atoms with E-state index in [2.05, 4.69) is 4.98 Å². The molecule has 0 radical (unpaired) electrons. The first-order valence-corrected chi connectivity index (χ1v) is 8.38. The van der Waals surface area contributed by atoms with Crippen molar-refractivity contribution < 1.29 is 9.90 Å². The van der Waals surface area contributed by atoms with E-state index in [4.69, 9.17) is 0 Å². The fourth-order valence-corrected chi connectivity index (χ4v) is 3.14. The van der Waals surface area contributed by atoms with E-state index in [0.717, 1.165) is 29.1 Å². The molecule has 0 spiro atoms. The van der Waals surface area contributed by atoms with Crippen molar-refractivity contribution in [3.8, 4) is 11.3 Å². The first kappa shape index (κ1) is 15.2. The van der Waals surface area contributed by atoms with Gasteiger partial charge in [-0.05, 0) is 37.8 Å². The molecule has 3 rings (SSSR count). The zero-order chi connectivity index (χ0) is 15.7. The molecule has 1 saturated carbocycles. The van der Waals surface area contributed by atoms with Gasteiger partial charge < -0.3 is 10.0 Å². The molecular formula is C17H20N2O2S. The van der Waals surface area contributed by atoms with E-state index >= 15 is 0 Å². The van der Waals surface area contributed by atoms with Gasteiger partial charge >= 0.3 is 0 Å². The van der Waals surface area contributed by atoms with E-state index in [9.17, 15) is 9.90 Å². The molecule has 1 unspecified atom stereocenters. The normalized spacial score (nSPS) is 15.6. The van der Waals surface area contributed by atoms with E-state index in [1.165, 1.54) is 0 Å². The molecule has 116 valence electrons. The highest BCUT2D eigenvalue weighted by molar-refractivity contribution is 7.09. The number of amides is 1. The van der Waals surface area contributed by atoms with Crippen LogP contribution >= 0.6 is 11.3 Å². The Morgan fingerprint density at radius 2 is 2.27 bits per heavy atom. The molecular weight excluding hydrogens is 296 g/mol. The first-order chi connectivity index (χ1) is 10.5. The lowest BCUT2D eigenvalue weighted by molar-refractivity contribution is 0.0645. The van der Waals surface area contributed by atoms with Crippen LogP contribution in [0.15, 0.2) is 29.6 Å². The van der Waals surface area contributed by atoms with Crippen LogP contribution < -0.4 is 0 Å². The number of carbonyl (C=O) groups excluding carboxylic acids is 1. The second kappa shape index (κ2) is 6.18. The average molecular weight is 316 g/mol. The molecule has 1 amide bonds. The smallest absolute Gasteiger partial charge is 0.253 e. The number of aliphatic hydroxyl groups is 1. The molecule has 5 heteroatoms. The summed E-state index contributed by atoms with van der Waals surface area (Å²) < 4.78 is 0. The van der Waals surface area contributed by atoms with E-state index in [1.807, 2.05) is 36.6 Å². The maximum atomic E-state index is 12.5. The standard InChI is InChI=1S/C17H20N2O2S/c1-11-18-15(10-22-11)13-4-3-5-14(8-13)17(21)19(2)9-16(20)12-6-7-12/h3-5,8,10,12,16,20H,6-7,9H2,1-2H3. The summed E-state index contributed by atoms with van der Waals surface area (Å²) in [7, 11) is 1.74. The zero-order valence-corrected chi connectivity index (χ0v) is 13.6. The number of rotatable bonds is 5. The van der Waals surface area contributed by atoms with Gasteiger partial charge in [-0.2, -0.15) is 0 Å². The van der Waals surface area contributed by atoms with E-state index in [1.54, 1.807) is 23.3 Å². The fraction of sp³-hybridized carbons (Fsp3) is 0.412. The summed E-state index contributed by atoms with van der Waals surface area (Å²) in [6.45, 7) is 2.36. The predicted octanol–water partition coefficient (Wildman–Crippen LogP) is 2.96. The zero-order valence-electron chi connectivity index (χ0n) is 12.8. The molecule has 1 aromatic heterocycles. The Kier molecular flexibility index (Phi) is 4.27. The summed E-state index contributed by atoms with van der Waals surface area (Å²) in [4.78, 5) is 18.6. The Morgan fingerprint density at radius 1 is 1.50 bits per heavy atom. The maximum absolute atomic E-state index is 12.5. The van der Waals surface area contributed by atoms with Crippen molar-refractivity contribution in [2.24, 2.45) is 5.92 Å². The summed E-state index contributed by atoms with van der Waals surface area (Å²) in [5.41, 5.74) is 2.48. The van der Waals surface area contributed by atoms with Gasteiger partial charge in [0.05, 0.1) is 16.8 Å². The molecule has 4 nitrogen and oxygen atoms in total. The number of carbonyl (C=O) groups is 1. The summed E-state index contributed by atoms with van der Waals surface area (Å²) in [6, 6.07) is 7.52. The largest absolute Gasteiger partial charge is 0.391 e. The lowest BCUT2D eigenvalue weighted by Gasteiger charge is -2.21. The Bertz CT molecular complexity index is 679. The third-order valence-electron chi connectivity index (χ3n) is 4.00. The number of hydrogen-bond acceptors (Lipinski definition) is 4. The molecule has 1 fully saturated rings. The van der Waals surface area contributed by atoms with Crippen molar-refractivity contribution in [2.45, 2.75) is 25.9 Å². The van der Waals surface area contributed by atoms with Crippen molar-refractivity contribution in [3.63, 3.8) is 0 Å². The summed E-state index contributed by atoms with van der Waals surface area (Å²) in [5, 5.41) is 13.0. The summed E-state index contributed by atoms with van der Waals surface area (Å²) >= 11 is 1.60. The summed E-state index contributed by atoms with van der Waals surface area (Å²) in [6.07, 6.45) is 1.74. The minimum atomic E-state index is -0.404. The molecule has 0 bridgehead atoms. The number of likely N-dealkylation sites (N-methyl/N-ethyl adjacent to an activating group) is 1. The third kappa shape index (κ3) is 3.36. The topological polar surface area (TPSA) is 53.4 Å². The number of hydrogen-bond donors (Lipinski definition) is 1. The average Bonchev–Trinajstić information content (AvgIpc) is 3.28. The van der Waals surface area contributed by atoms with Gasteiger partial charge in [-0.1, -0.05) is 12.1 Å². The number of aromatic nitrogens is 1. The fourth-order valence-electron chi connectivity index (χ4n) is 2.52. The second-order valence-corrected chi connectivity index (χ2v) is 6.99. The Hall–Kier alpha value is -1.72. The molecule has 1 aliphatic carbocycles. The molecule has 1 aromatic carbocycles. The first-order valence-electron chi connectivity index (χ1n) is 7.50. The molecule has 2 aromatic rings. The molecule has 22 heavy (non-hydrogen) atoms. The quantitative estimate of drug-likeness (QED) is 0.922. The van der Waals surface area contributed by atoms with Crippen LogP contribution in [0.1, 0.15) is 28.2 Å². The van der Waals surface area contributed by atoms with E-state index in [0.29, 0.717) is 18.0 Å². The molecule has 1 heterocycles. The SMILES string of the molecule is Cc1nc(-c2cccc(C(=O)N(C)CC(O)C3CC3)c2)cs1. The van der Waals surface area contributed by atoms with Crippen LogP contribution in [0.25, 0.3) is 11.3 Å². The van der Waals surface area contributed by atoms with Gasteiger partial charge in [0.15, 0.2) is 0 Å². The van der Waals surface area contributed by atoms with Gasteiger partial charge in [-0.3, -0.25) is 4.79 Å². The minimum Gasteiger partial charge on any atom is -0.391 e. The van der Waals surface area contributed by atoms with Crippen LogP contribution in [0.2, 0.25) is 0 Å². The van der Waals surface area contributed by atoms with Crippen LogP contribution in [0.5, 0.6) is 0 Å². The minimum absolute atomic E-state index is 0.0616. The monoisotopic (exact) mass is 316 g/mol. The summed E-state index contributed by atoms with van der Waals surface area (Å²) in [5.74, 6) is 0.313. The third-order valence-corrected chi connectivity index (χ3v) is 4.77. The van der Waals surface area contributed by atoms with Gasteiger partial charge in [0.2, 0.25) is 0 Å². The lowest BCUT2D eigenvalue weighted by atomic mass is 10.1. The van der Waals surface area contributed by atoms with Crippen LogP contribution in [-0.4, -0.2) is 40.6 Å². The number of benzene rings is 1. The number of nitrogens with zero attached hydrogens (tertiary/aromatic N) is 2. The highest BCUT2D eigenvalue weighted by Crippen LogP contribution is 2.33. The highest BCUT2D eigenvalue weighted by atomic mass is 32.1. The van der Waals surface area contributed by atoms with Gasteiger partial charge in [0.25, 0.3) is 5.91 Å². The van der Waals surface area contributed by atoms with Gasteiger partial charge in [-0.25, -0.2) is 4.98 Å². The van der Waals surface area contributed by atoms with Crippen LogP contribution in [-0.2, 0) is 0 Å². The van der Waals surface area contributed by atoms with Crippen LogP contribution in [0, 0.1) is 12.8 Å². The predicted molar refractivity (Wildman–Crippen MR) is 88.0 cm³/mol. The number of aryl methyl sites for hydroxylation is 1. The van der Waals surface area contributed by atoms with Crippen molar-refractivity contribution in [3.05, 3.63) is 40.2 Å². The van der Waals surface area contributed by atoms with E-state index < -0.39 is 6.10 Å². The Labute approximate surface area is 134 Å². The number of aliphatic hydroxyl groups excluding tert-OH is 1. The van der Waals surface area contributed by atoms with Gasteiger partial charge in [0, 0.05) is 30.1 Å². The van der Waals surface area contributed by atoms with Gasteiger partial charge in [-0.15, -0.1) is 11.3 Å². The van der Waals surface area contributed by atoms with Crippen molar-refractivity contribution in [2.75, 3.05) is 13.6 Å². The second-order valence-electron chi connectivity index (χ2n) is 5.92. The lowest BCUT2D eigenvalue weighted by Crippen LogP contribution is -2.35. The van der Waals surface area contributed by atoms with Crippen molar-refractivity contribution in [1.29, 1.82) is 0 Å². The van der Waals surface area contributed by atoms with E-state index in [-0.39, 0.29) is 5.91 Å². The molecule has 0 saturated heterocycles. The van der Waals surface area contributed by atoms with Crippen molar-refractivity contribution in [1.82, 2.24) is 9.88 Å². The molecule has 1 aliphatic rings.